The molecule has 1 aliphatic carbocycles. The summed E-state index contributed by atoms with van der Waals surface area (Å²) < 4.78 is 13.5. The Morgan fingerprint density at radius 2 is 2.04 bits per heavy atom. The highest BCUT2D eigenvalue weighted by Crippen LogP contribution is 2.30. The zero-order valence-electron chi connectivity index (χ0n) is 14.6. The van der Waals surface area contributed by atoms with E-state index in [0.29, 0.717) is 6.54 Å². The zero-order valence-corrected chi connectivity index (χ0v) is 14.6. The Kier molecular flexibility index (Phi) is 5.34. The summed E-state index contributed by atoms with van der Waals surface area (Å²) in [4.78, 5) is 14.3. The second-order valence-electron chi connectivity index (χ2n) is 6.68. The largest absolute Gasteiger partial charge is 0.336 e. The van der Waals surface area contributed by atoms with Gasteiger partial charge in [0.1, 0.15) is 5.82 Å². The summed E-state index contributed by atoms with van der Waals surface area (Å²) in [5.41, 5.74) is 3.35. The van der Waals surface area contributed by atoms with E-state index < -0.39 is 0 Å². The molecule has 0 heterocycles. The molecule has 25 heavy (non-hydrogen) atoms. The Balaban J connectivity index is 1.59. The lowest BCUT2D eigenvalue weighted by Gasteiger charge is -2.25. The molecule has 2 atom stereocenters. The van der Waals surface area contributed by atoms with Crippen LogP contribution in [0.2, 0.25) is 0 Å². The number of hydrogen-bond donors (Lipinski definition) is 2. The number of nitrogens with one attached hydrogen (secondary N) is 2. The first-order valence-electron chi connectivity index (χ1n) is 8.58. The highest BCUT2D eigenvalue weighted by Gasteiger charge is 2.24. The first-order chi connectivity index (χ1) is 12.0. The Hall–Kier alpha value is -2.40. The lowest BCUT2D eigenvalue weighted by molar-refractivity contribution is 0.229. The molecule has 0 fully saturated rings. The number of carbonyl (C=O) groups excluding carboxylic acids is 1. The molecular formula is C20H24FN3O. The molecule has 0 aromatic heterocycles. The molecule has 2 aromatic rings. The normalized spacial score (nSPS) is 17.2. The highest BCUT2D eigenvalue weighted by molar-refractivity contribution is 5.74. The minimum Gasteiger partial charge on any atom is -0.336 e. The van der Waals surface area contributed by atoms with Crippen molar-refractivity contribution < 1.29 is 9.18 Å². The maximum Gasteiger partial charge on any atom is 0.315 e. The summed E-state index contributed by atoms with van der Waals surface area (Å²) >= 11 is 0. The molecule has 4 nitrogen and oxygen atoms in total. The third-order valence-corrected chi connectivity index (χ3v) is 4.75. The molecule has 1 aliphatic rings. The van der Waals surface area contributed by atoms with E-state index in [4.69, 9.17) is 0 Å². The topological polar surface area (TPSA) is 44.4 Å². The number of aryl methyl sites for hydroxylation is 1. The lowest BCUT2D eigenvalue weighted by atomic mass is 10.1. The predicted octanol–water partition coefficient (Wildman–Crippen LogP) is 3.42. The number of likely N-dealkylation sites (N-methyl/N-ethyl adjacent to an activating group) is 1. The minimum atomic E-state index is -0.267. The maximum absolute atomic E-state index is 13.5. The summed E-state index contributed by atoms with van der Waals surface area (Å²) in [5, 5.41) is 5.98. The number of fused-ring (bicyclic) bond motifs is 1. The standard InChI is InChI=1S/C20H24FN3O/c1-24(2)19(15-7-5-8-16(21)12-15)13-22-20(25)23-18-11-10-14-6-3-4-9-17(14)18/h3-9,12,18-19H,10-11,13H2,1-2H3,(H2,22,23,25). The monoisotopic (exact) mass is 341 g/mol. The fourth-order valence-electron chi connectivity index (χ4n) is 3.42. The van der Waals surface area contributed by atoms with Crippen LogP contribution in [0, 0.1) is 5.82 Å². The van der Waals surface area contributed by atoms with E-state index >= 15 is 0 Å². The van der Waals surface area contributed by atoms with Crippen LogP contribution < -0.4 is 10.6 Å². The first-order valence-corrected chi connectivity index (χ1v) is 8.58. The molecule has 5 heteroatoms. The molecule has 0 aliphatic heterocycles. The molecule has 0 bridgehead atoms. The Morgan fingerprint density at radius 1 is 1.24 bits per heavy atom. The summed E-state index contributed by atoms with van der Waals surface area (Å²) in [5.74, 6) is -0.267. The number of carbonyl (C=O) groups is 1. The summed E-state index contributed by atoms with van der Waals surface area (Å²) in [6.07, 6.45) is 1.92. The van der Waals surface area contributed by atoms with Gasteiger partial charge in [-0.1, -0.05) is 36.4 Å². The second kappa shape index (κ2) is 7.66. The molecule has 3 rings (SSSR count). The van der Waals surface area contributed by atoms with Gasteiger partial charge in [-0.15, -0.1) is 0 Å². The third-order valence-electron chi connectivity index (χ3n) is 4.75. The van der Waals surface area contributed by atoms with E-state index in [9.17, 15) is 9.18 Å². The summed E-state index contributed by atoms with van der Waals surface area (Å²) in [6.45, 7) is 0.413. The van der Waals surface area contributed by atoms with Crippen molar-refractivity contribution in [1.82, 2.24) is 15.5 Å². The van der Waals surface area contributed by atoms with Crippen LogP contribution >= 0.6 is 0 Å². The van der Waals surface area contributed by atoms with Crippen molar-refractivity contribution >= 4 is 6.03 Å². The average Bonchev–Trinajstić information content (AvgIpc) is 2.98. The Labute approximate surface area is 148 Å². The van der Waals surface area contributed by atoms with Crippen LogP contribution in [0.4, 0.5) is 9.18 Å². The van der Waals surface area contributed by atoms with Crippen LogP contribution in [-0.4, -0.2) is 31.6 Å². The van der Waals surface area contributed by atoms with Gasteiger partial charge in [-0.05, 0) is 55.8 Å². The van der Waals surface area contributed by atoms with Crippen LogP contribution in [0.25, 0.3) is 0 Å². The summed E-state index contributed by atoms with van der Waals surface area (Å²) in [6, 6.07) is 14.5. The number of nitrogens with zero attached hydrogens (tertiary/aromatic N) is 1. The third kappa shape index (κ3) is 4.17. The number of urea groups is 1. The van der Waals surface area contributed by atoms with Gasteiger partial charge < -0.3 is 15.5 Å². The molecular weight excluding hydrogens is 317 g/mol. The van der Waals surface area contributed by atoms with Crippen molar-refractivity contribution in [3.05, 3.63) is 71.0 Å². The smallest absolute Gasteiger partial charge is 0.315 e. The number of halogens is 1. The Morgan fingerprint density at radius 3 is 2.80 bits per heavy atom. The molecule has 0 saturated heterocycles. The van der Waals surface area contributed by atoms with Gasteiger partial charge in [-0.3, -0.25) is 0 Å². The van der Waals surface area contributed by atoms with Gasteiger partial charge in [0.05, 0.1) is 12.1 Å². The zero-order chi connectivity index (χ0) is 17.8. The average molecular weight is 341 g/mol. The fraction of sp³-hybridized carbons (Fsp3) is 0.350. The quantitative estimate of drug-likeness (QED) is 0.875. The number of benzene rings is 2. The molecule has 0 radical (unpaired) electrons. The van der Waals surface area contributed by atoms with Crippen LogP contribution in [0.1, 0.15) is 35.2 Å². The van der Waals surface area contributed by atoms with Crippen LogP contribution in [0.15, 0.2) is 48.5 Å². The van der Waals surface area contributed by atoms with E-state index in [1.165, 1.54) is 23.3 Å². The maximum atomic E-state index is 13.5. The van der Waals surface area contributed by atoms with Gasteiger partial charge in [0.15, 0.2) is 0 Å². The van der Waals surface area contributed by atoms with Gasteiger partial charge in [0.25, 0.3) is 0 Å². The second-order valence-corrected chi connectivity index (χ2v) is 6.68. The van der Waals surface area contributed by atoms with E-state index in [0.717, 1.165) is 18.4 Å². The van der Waals surface area contributed by atoms with Crippen LogP contribution in [0.5, 0.6) is 0 Å². The lowest BCUT2D eigenvalue weighted by Crippen LogP contribution is -2.41. The number of rotatable bonds is 5. The van der Waals surface area contributed by atoms with E-state index in [2.05, 4.69) is 22.8 Å². The van der Waals surface area contributed by atoms with Gasteiger partial charge in [-0.25, -0.2) is 9.18 Å². The van der Waals surface area contributed by atoms with Gasteiger partial charge in [-0.2, -0.15) is 0 Å². The van der Waals surface area contributed by atoms with Crippen molar-refractivity contribution in [1.29, 1.82) is 0 Å². The van der Waals surface area contributed by atoms with E-state index in [-0.39, 0.29) is 23.9 Å². The molecule has 2 N–H and O–H groups in total. The van der Waals surface area contributed by atoms with Crippen molar-refractivity contribution in [3.63, 3.8) is 0 Å². The van der Waals surface area contributed by atoms with Crippen molar-refractivity contribution in [2.45, 2.75) is 24.9 Å². The predicted molar refractivity (Wildman–Crippen MR) is 96.9 cm³/mol. The Bertz CT molecular complexity index is 747. The van der Waals surface area contributed by atoms with Crippen molar-refractivity contribution in [3.8, 4) is 0 Å². The first kappa shape index (κ1) is 17.4. The minimum absolute atomic E-state index is 0.0585. The van der Waals surface area contributed by atoms with Gasteiger partial charge >= 0.3 is 6.03 Å². The molecule has 0 saturated carbocycles. The number of amides is 2. The summed E-state index contributed by atoms with van der Waals surface area (Å²) in [7, 11) is 3.84. The van der Waals surface area contributed by atoms with E-state index in [1.807, 2.05) is 37.2 Å². The highest BCUT2D eigenvalue weighted by atomic mass is 19.1. The molecule has 2 amide bonds. The van der Waals surface area contributed by atoms with Gasteiger partial charge in [0, 0.05) is 6.54 Å². The molecule has 2 unspecified atom stereocenters. The molecule has 132 valence electrons. The SMILES string of the molecule is CN(C)C(CNC(=O)NC1CCc2ccccc21)c1cccc(F)c1. The van der Waals surface area contributed by atoms with Gasteiger partial charge in [0.2, 0.25) is 0 Å². The van der Waals surface area contributed by atoms with Crippen LogP contribution in [0.3, 0.4) is 0 Å². The van der Waals surface area contributed by atoms with Crippen molar-refractivity contribution in [2.75, 3.05) is 20.6 Å². The van der Waals surface area contributed by atoms with E-state index in [1.54, 1.807) is 6.07 Å². The molecule has 2 aromatic carbocycles. The number of hydrogen-bond acceptors (Lipinski definition) is 2. The van der Waals surface area contributed by atoms with Crippen LogP contribution in [-0.2, 0) is 6.42 Å². The fourth-order valence-corrected chi connectivity index (χ4v) is 3.42. The van der Waals surface area contributed by atoms with Crippen molar-refractivity contribution in [2.24, 2.45) is 0 Å². The molecule has 0 spiro atoms.